The van der Waals surface area contributed by atoms with E-state index < -0.39 is 0 Å². The summed E-state index contributed by atoms with van der Waals surface area (Å²) in [5.41, 5.74) is 1.58. The maximum atomic E-state index is 12.4. The highest BCUT2D eigenvalue weighted by Gasteiger charge is 2.15. The largest absolute Gasteiger partial charge is 0.496 e. The van der Waals surface area contributed by atoms with Crippen LogP contribution in [0.4, 0.5) is 5.69 Å². The average molecular weight is 414 g/mol. The van der Waals surface area contributed by atoms with Gasteiger partial charge in [-0.25, -0.2) is 0 Å². The molecule has 0 aliphatic heterocycles. The second kappa shape index (κ2) is 7.04. The number of pyridine rings is 1. The van der Waals surface area contributed by atoms with Crippen LogP contribution in [0, 0.1) is 0 Å². The van der Waals surface area contributed by atoms with Gasteiger partial charge in [-0.1, -0.05) is 15.9 Å². The molecule has 1 aromatic heterocycles. The number of benzene rings is 1. The fraction of sp³-hybridized carbons (Fsp3) is 0.200. The molecule has 1 aromatic carbocycles. The number of likely N-dealkylation sites (N-methyl/N-ethyl adjacent to an activating group) is 1. The lowest BCUT2D eigenvalue weighted by molar-refractivity contribution is -0.117. The molecule has 2 rings (SSSR count). The number of halogens is 2. The van der Waals surface area contributed by atoms with Crippen LogP contribution < -0.4 is 9.64 Å². The minimum Gasteiger partial charge on any atom is -0.496 e. The van der Waals surface area contributed by atoms with Crippen molar-refractivity contribution in [1.82, 2.24) is 4.98 Å². The van der Waals surface area contributed by atoms with Gasteiger partial charge in [0, 0.05) is 27.8 Å². The van der Waals surface area contributed by atoms with Crippen LogP contribution in [-0.2, 0) is 11.2 Å². The Morgan fingerprint density at radius 2 is 2.00 bits per heavy atom. The highest BCUT2D eigenvalue weighted by atomic mass is 79.9. The number of hydrogen-bond donors (Lipinski definition) is 0. The third-order valence-corrected chi connectivity index (χ3v) is 3.96. The van der Waals surface area contributed by atoms with E-state index >= 15 is 0 Å². The van der Waals surface area contributed by atoms with Gasteiger partial charge in [0.2, 0.25) is 5.91 Å². The Bertz CT molecular complexity index is 662. The van der Waals surface area contributed by atoms with Crippen LogP contribution in [0.5, 0.6) is 5.75 Å². The second-order valence-electron chi connectivity index (χ2n) is 4.45. The first-order valence-corrected chi connectivity index (χ1v) is 7.79. The Morgan fingerprint density at radius 1 is 1.24 bits per heavy atom. The zero-order valence-electron chi connectivity index (χ0n) is 11.6. The monoisotopic (exact) mass is 412 g/mol. The highest BCUT2D eigenvalue weighted by molar-refractivity contribution is 9.10. The Balaban J connectivity index is 2.20. The fourth-order valence-electron chi connectivity index (χ4n) is 1.89. The molecule has 0 atom stereocenters. The van der Waals surface area contributed by atoms with Gasteiger partial charge in [0.1, 0.15) is 5.75 Å². The van der Waals surface area contributed by atoms with Crippen molar-refractivity contribution in [3.63, 3.8) is 0 Å². The molecule has 0 saturated carbocycles. The molecular formula is C15H14Br2N2O2. The molecule has 2 aromatic rings. The van der Waals surface area contributed by atoms with Crippen LogP contribution in [-0.4, -0.2) is 25.0 Å². The third kappa shape index (κ3) is 4.04. The van der Waals surface area contributed by atoms with E-state index in [-0.39, 0.29) is 12.3 Å². The van der Waals surface area contributed by atoms with Crippen LogP contribution in [0.15, 0.2) is 45.6 Å². The number of ether oxygens (including phenoxy) is 1. The first-order chi connectivity index (χ1) is 10.0. The van der Waals surface area contributed by atoms with E-state index in [0.29, 0.717) is 5.75 Å². The first kappa shape index (κ1) is 16.0. The summed E-state index contributed by atoms with van der Waals surface area (Å²) >= 11 is 6.76. The number of carbonyl (C=O) groups is 1. The number of rotatable bonds is 4. The van der Waals surface area contributed by atoms with E-state index in [0.717, 1.165) is 20.2 Å². The van der Waals surface area contributed by atoms with Gasteiger partial charge in [-0.2, -0.15) is 0 Å². The van der Waals surface area contributed by atoms with E-state index in [1.54, 1.807) is 31.5 Å². The SMILES string of the molecule is COc1ccc(Br)cc1CC(=O)N(C)c1cncc(Br)c1. The molecule has 1 heterocycles. The third-order valence-electron chi connectivity index (χ3n) is 3.04. The molecule has 0 saturated heterocycles. The Hall–Kier alpha value is -1.40. The zero-order chi connectivity index (χ0) is 15.4. The summed E-state index contributed by atoms with van der Waals surface area (Å²) in [6, 6.07) is 7.47. The lowest BCUT2D eigenvalue weighted by atomic mass is 10.1. The summed E-state index contributed by atoms with van der Waals surface area (Å²) in [5, 5.41) is 0. The van der Waals surface area contributed by atoms with E-state index in [4.69, 9.17) is 4.74 Å². The van der Waals surface area contributed by atoms with Crippen LogP contribution >= 0.6 is 31.9 Å². The second-order valence-corrected chi connectivity index (χ2v) is 6.28. The number of nitrogens with zero attached hydrogens (tertiary/aromatic N) is 2. The maximum absolute atomic E-state index is 12.4. The van der Waals surface area contributed by atoms with Crippen molar-refractivity contribution in [2.24, 2.45) is 0 Å². The van der Waals surface area contributed by atoms with Gasteiger partial charge in [0.15, 0.2) is 0 Å². The first-order valence-electron chi connectivity index (χ1n) is 6.21. The van der Waals surface area contributed by atoms with E-state index in [2.05, 4.69) is 36.8 Å². The molecule has 0 unspecified atom stereocenters. The molecule has 0 aliphatic rings. The number of carbonyl (C=O) groups excluding carboxylic acids is 1. The van der Waals surface area contributed by atoms with Gasteiger partial charge < -0.3 is 9.64 Å². The molecule has 0 fully saturated rings. The Labute approximate surface area is 140 Å². The van der Waals surface area contributed by atoms with Crippen molar-refractivity contribution in [3.05, 3.63) is 51.2 Å². The molecule has 1 amide bonds. The molecule has 0 bridgehead atoms. The summed E-state index contributed by atoms with van der Waals surface area (Å²) in [5.74, 6) is 0.665. The van der Waals surface area contributed by atoms with Crippen molar-refractivity contribution < 1.29 is 9.53 Å². The van der Waals surface area contributed by atoms with Crippen molar-refractivity contribution in [1.29, 1.82) is 0 Å². The number of anilines is 1. The normalized spacial score (nSPS) is 10.3. The molecule has 0 aliphatic carbocycles. The van der Waals surface area contributed by atoms with E-state index in [1.807, 2.05) is 24.3 Å². The van der Waals surface area contributed by atoms with Crippen molar-refractivity contribution in [3.8, 4) is 5.75 Å². The smallest absolute Gasteiger partial charge is 0.231 e. The minimum absolute atomic E-state index is 0.0358. The summed E-state index contributed by atoms with van der Waals surface area (Å²) in [7, 11) is 3.33. The van der Waals surface area contributed by atoms with Gasteiger partial charge >= 0.3 is 0 Å². The molecule has 0 radical (unpaired) electrons. The molecule has 110 valence electrons. The molecular weight excluding hydrogens is 400 g/mol. The molecule has 6 heteroatoms. The van der Waals surface area contributed by atoms with Gasteiger partial charge in [0.05, 0.1) is 25.4 Å². The van der Waals surface area contributed by atoms with Gasteiger partial charge in [0.25, 0.3) is 0 Å². The molecule has 0 spiro atoms. The Morgan fingerprint density at radius 3 is 2.67 bits per heavy atom. The van der Waals surface area contributed by atoms with Crippen LogP contribution in [0.3, 0.4) is 0 Å². The predicted octanol–water partition coefficient (Wildman–Crippen LogP) is 3.82. The summed E-state index contributed by atoms with van der Waals surface area (Å²) in [6.07, 6.45) is 3.59. The van der Waals surface area contributed by atoms with Crippen LogP contribution in [0.2, 0.25) is 0 Å². The van der Waals surface area contributed by atoms with Gasteiger partial charge in [-0.15, -0.1) is 0 Å². The molecule has 4 nitrogen and oxygen atoms in total. The van der Waals surface area contributed by atoms with Gasteiger partial charge in [-0.3, -0.25) is 9.78 Å². The number of aromatic nitrogens is 1. The fourth-order valence-corrected chi connectivity index (χ4v) is 2.66. The maximum Gasteiger partial charge on any atom is 0.231 e. The summed E-state index contributed by atoms with van der Waals surface area (Å²) < 4.78 is 7.04. The van der Waals surface area contributed by atoms with E-state index in [9.17, 15) is 4.79 Å². The van der Waals surface area contributed by atoms with Crippen molar-refractivity contribution in [2.75, 3.05) is 19.1 Å². The standard InChI is InChI=1S/C15H14Br2N2O2/c1-19(13-7-12(17)8-18-9-13)15(20)6-10-5-11(16)3-4-14(10)21-2/h3-5,7-9H,6H2,1-2H3. The summed E-state index contributed by atoms with van der Waals surface area (Å²) in [4.78, 5) is 18.1. The minimum atomic E-state index is -0.0358. The summed E-state index contributed by atoms with van der Waals surface area (Å²) in [6.45, 7) is 0. The molecule has 0 N–H and O–H groups in total. The topological polar surface area (TPSA) is 42.4 Å². The average Bonchev–Trinajstić information content (AvgIpc) is 2.46. The number of methoxy groups -OCH3 is 1. The lowest BCUT2D eigenvalue weighted by Gasteiger charge is -2.18. The van der Waals surface area contributed by atoms with Crippen molar-refractivity contribution in [2.45, 2.75) is 6.42 Å². The zero-order valence-corrected chi connectivity index (χ0v) is 14.8. The predicted molar refractivity (Wildman–Crippen MR) is 89.7 cm³/mol. The van der Waals surface area contributed by atoms with Crippen molar-refractivity contribution >= 4 is 43.5 Å². The van der Waals surface area contributed by atoms with Crippen LogP contribution in [0.25, 0.3) is 0 Å². The number of hydrogen-bond acceptors (Lipinski definition) is 3. The highest BCUT2D eigenvalue weighted by Crippen LogP contribution is 2.25. The molecule has 21 heavy (non-hydrogen) atoms. The lowest BCUT2D eigenvalue weighted by Crippen LogP contribution is -2.28. The Kier molecular flexibility index (Phi) is 5.36. The van der Waals surface area contributed by atoms with E-state index in [1.165, 1.54) is 0 Å². The number of amides is 1. The van der Waals surface area contributed by atoms with Crippen LogP contribution in [0.1, 0.15) is 5.56 Å². The van der Waals surface area contributed by atoms with Gasteiger partial charge in [-0.05, 0) is 40.2 Å². The quantitative estimate of drug-likeness (QED) is 0.765.